The summed E-state index contributed by atoms with van der Waals surface area (Å²) >= 11 is 4.86. The van der Waals surface area contributed by atoms with Gasteiger partial charge in [-0.05, 0) is 34.6 Å². The molecule has 0 aromatic heterocycles. The Bertz CT molecular complexity index is 258. The minimum absolute atomic E-state index is 0.00236. The molecule has 1 amide bonds. The summed E-state index contributed by atoms with van der Waals surface area (Å²) in [5.41, 5.74) is 5.29. The van der Waals surface area contributed by atoms with Gasteiger partial charge in [0.1, 0.15) is 0 Å². The molecule has 0 fully saturated rings. The van der Waals surface area contributed by atoms with E-state index >= 15 is 0 Å². The molecule has 16 heavy (non-hydrogen) atoms. The molecular formula is C11H23N3OS. The van der Waals surface area contributed by atoms with Gasteiger partial charge in [0.05, 0.1) is 11.5 Å². The van der Waals surface area contributed by atoms with Gasteiger partial charge in [-0.25, -0.2) is 0 Å². The SMILES string of the molecule is CC(C)N(CC(=O)NC(C)(C)C)CC(N)=S. The van der Waals surface area contributed by atoms with Gasteiger partial charge in [0.25, 0.3) is 0 Å². The predicted molar refractivity (Wildman–Crippen MR) is 71.4 cm³/mol. The number of thiocarbonyl (C=S) groups is 1. The monoisotopic (exact) mass is 245 g/mol. The van der Waals surface area contributed by atoms with Gasteiger partial charge in [-0.15, -0.1) is 0 Å². The average Bonchev–Trinajstić information content (AvgIpc) is 1.97. The van der Waals surface area contributed by atoms with E-state index < -0.39 is 0 Å². The molecule has 0 bridgehead atoms. The van der Waals surface area contributed by atoms with Crippen molar-refractivity contribution in [2.45, 2.75) is 46.2 Å². The Kier molecular flexibility index (Phi) is 5.89. The molecule has 0 saturated heterocycles. The summed E-state index contributed by atoms with van der Waals surface area (Å²) in [5, 5.41) is 2.91. The first kappa shape index (κ1) is 15.3. The van der Waals surface area contributed by atoms with Crippen molar-refractivity contribution in [2.24, 2.45) is 5.73 Å². The zero-order valence-corrected chi connectivity index (χ0v) is 11.6. The van der Waals surface area contributed by atoms with E-state index in [2.05, 4.69) is 5.32 Å². The van der Waals surface area contributed by atoms with E-state index in [-0.39, 0.29) is 17.5 Å². The van der Waals surface area contributed by atoms with Gasteiger partial charge >= 0.3 is 0 Å². The van der Waals surface area contributed by atoms with Crippen LogP contribution in [0.25, 0.3) is 0 Å². The molecule has 0 aromatic rings. The number of carbonyl (C=O) groups is 1. The van der Waals surface area contributed by atoms with Crippen LogP contribution < -0.4 is 11.1 Å². The van der Waals surface area contributed by atoms with Crippen molar-refractivity contribution in [1.82, 2.24) is 10.2 Å². The molecule has 0 spiro atoms. The second-order valence-corrected chi connectivity index (χ2v) is 5.79. The maximum absolute atomic E-state index is 11.7. The van der Waals surface area contributed by atoms with E-state index in [1.807, 2.05) is 39.5 Å². The molecule has 0 rings (SSSR count). The molecule has 0 heterocycles. The summed E-state index contributed by atoms with van der Waals surface area (Å²) in [6.45, 7) is 10.7. The maximum Gasteiger partial charge on any atom is 0.234 e. The number of nitrogens with one attached hydrogen (secondary N) is 1. The molecule has 94 valence electrons. The lowest BCUT2D eigenvalue weighted by Gasteiger charge is -2.27. The van der Waals surface area contributed by atoms with Gasteiger partial charge in [0.2, 0.25) is 5.91 Å². The number of hydrogen-bond donors (Lipinski definition) is 2. The third-order valence-corrected chi connectivity index (χ3v) is 2.08. The molecule has 0 aromatic carbocycles. The van der Waals surface area contributed by atoms with Crippen LogP contribution in [0, 0.1) is 0 Å². The van der Waals surface area contributed by atoms with Gasteiger partial charge < -0.3 is 11.1 Å². The summed E-state index contributed by atoms with van der Waals surface area (Å²) in [6.07, 6.45) is 0. The zero-order chi connectivity index (χ0) is 12.9. The highest BCUT2D eigenvalue weighted by atomic mass is 32.1. The number of amides is 1. The van der Waals surface area contributed by atoms with Crippen molar-refractivity contribution in [3.8, 4) is 0 Å². The fraction of sp³-hybridized carbons (Fsp3) is 0.818. The van der Waals surface area contributed by atoms with Crippen molar-refractivity contribution in [3.63, 3.8) is 0 Å². The molecule has 0 unspecified atom stereocenters. The van der Waals surface area contributed by atoms with Crippen molar-refractivity contribution in [2.75, 3.05) is 13.1 Å². The Labute approximate surface area is 104 Å². The van der Waals surface area contributed by atoms with Crippen LogP contribution >= 0.6 is 12.2 Å². The molecular weight excluding hydrogens is 222 g/mol. The third kappa shape index (κ3) is 7.59. The van der Waals surface area contributed by atoms with Crippen LogP contribution in [-0.4, -0.2) is 40.5 Å². The standard InChI is InChI=1S/C11H23N3OS/c1-8(2)14(6-9(12)16)7-10(15)13-11(3,4)5/h8H,6-7H2,1-5H3,(H2,12,16)(H,13,15). The first-order chi connectivity index (χ1) is 7.11. The largest absolute Gasteiger partial charge is 0.392 e. The van der Waals surface area contributed by atoms with Gasteiger partial charge in [0.15, 0.2) is 0 Å². The molecule has 0 aliphatic carbocycles. The lowest BCUT2D eigenvalue weighted by Crippen LogP contribution is -2.49. The number of rotatable bonds is 5. The molecule has 0 aliphatic rings. The van der Waals surface area contributed by atoms with Crippen LogP contribution in [0.5, 0.6) is 0 Å². The lowest BCUT2D eigenvalue weighted by molar-refractivity contribution is -0.123. The van der Waals surface area contributed by atoms with Gasteiger partial charge in [-0.2, -0.15) is 0 Å². The van der Waals surface area contributed by atoms with E-state index in [1.165, 1.54) is 0 Å². The minimum Gasteiger partial charge on any atom is -0.392 e. The van der Waals surface area contributed by atoms with Crippen molar-refractivity contribution in [1.29, 1.82) is 0 Å². The Morgan fingerprint density at radius 3 is 2.19 bits per heavy atom. The second-order valence-electron chi connectivity index (χ2n) is 5.26. The Morgan fingerprint density at radius 2 is 1.88 bits per heavy atom. The molecule has 0 atom stereocenters. The van der Waals surface area contributed by atoms with Crippen LogP contribution in [0.4, 0.5) is 0 Å². The number of carbonyl (C=O) groups excluding carboxylic acids is 1. The average molecular weight is 245 g/mol. The smallest absolute Gasteiger partial charge is 0.234 e. The highest BCUT2D eigenvalue weighted by molar-refractivity contribution is 7.80. The van der Waals surface area contributed by atoms with Crippen LogP contribution in [0.3, 0.4) is 0 Å². The number of hydrogen-bond acceptors (Lipinski definition) is 3. The lowest BCUT2D eigenvalue weighted by atomic mass is 10.1. The first-order valence-corrected chi connectivity index (χ1v) is 5.86. The quantitative estimate of drug-likeness (QED) is 0.707. The Balaban J connectivity index is 4.30. The van der Waals surface area contributed by atoms with Gasteiger partial charge in [0, 0.05) is 18.1 Å². The van der Waals surface area contributed by atoms with E-state index in [0.29, 0.717) is 18.1 Å². The predicted octanol–water partition coefficient (Wildman–Crippen LogP) is 0.898. The van der Waals surface area contributed by atoms with E-state index in [4.69, 9.17) is 18.0 Å². The van der Waals surface area contributed by atoms with Crippen LogP contribution in [0.2, 0.25) is 0 Å². The highest BCUT2D eigenvalue weighted by Crippen LogP contribution is 2.01. The molecule has 0 aliphatic heterocycles. The van der Waals surface area contributed by atoms with E-state index in [0.717, 1.165) is 0 Å². The van der Waals surface area contributed by atoms with Crippen molar-refractivity contribution >= 4 is 23.1 Å². The molecule has 4 nitrogen and oxygen atoms in total. The fourth-order valence-corrected chi connectivity index (χ4v) is 1.43. The Morgan fingerprint density at radius 1 is 1.38 bits per heavy atom. The molecule has 0 saturated carbocycles. The molecule has 5 heteroatoms. The second kappa shape index (κ2) is 6.15. The third-order valence-electron chi connectivity index (χ3n) is 1.95. The summed E-state index contributed by atoms with van der Waals surface area (Å²) in [5.74, 6) is -0.00236. The van der Waals surface area contributed by atoms with Crippen LogP contribution in [-0.2, 0) is 4.79 Å². The normalized spacial score (nSPS) is 11.9. The topological polar surface area (TPSA) is 58.4 Å². The fourth-order valence-electron chi connectivity index (χ4n) is 1.26. The number of nitrogens with zero attached hydrogens (tertiary/aromatic N) is 1. The molecule has 3 N–H and O–H groups in total. The first-order valence-electron chi connectivity index (χ1n) is 5.45. The van der Waals surface area contributed by atoms with Gasteiger partial charge in [-0.3, -0.25) is 9.69 Å². The van der Waals surface area contributed by atoms with Crippen molar-refractivity contribution in [3.05, 3.63) is 0 Å². The molecule has 0 radical (unpaired) electrons. The summed E-state index contributed by atoms with van der Waals surface area (Å²) in [6, 6.07) is 0.243. The van der Waals surface area contributed by atoms with E-state index in [9.17, 15) is 4.79 Å². The van der Waals surface area contributed by atoms with Gasteiger partial charge in [-0.1, -0.05) is 12.2 Å². The van der Waals surface area contributed by atoms with Crippen LogP contribution in [0.15, 0.2) is 0 Å². The van der Waals surface area contributed by atoms with Crippen LogP contribution in [0.1, 0.15) is 34.6 Å². The van der Waals surface area contributed by atoms with E-state index in [1.54, 1.807) is 0 Å². The summed E-state index contributed by atoms with van der Waals surface area (Å²) in [4.78, 5) is 14.1. The summed E-state index contributed by atoms with van der Waals surface area (Å²) < 4.78 is 0. The zero-order valence-electron chi connectivity index (χ0n) is 10.8. The number of nitrogens with two attached hydrogens (primary N) is 1. The van der Waals surface area contributed by atoms with Crippen molar-refractivity contribution < 1.29 is 4.79 Å². The highest BCUT2D eigenvalue weighted by Gasteiger charge is 2.18. The summed E-state index contributed by atoms with van der Waals surface area (Å²) in [7, 11) is 0. The minimum atomic E-state index is -0.205. The maximum atomic E-state index is 11.7. The Hall–Kier alpha value is -0.680.